The number of hydrogen-bond donors (Lipinski definition) is 0. The normalized spacial score (nSPS) is 10.2. The quantitative estimate of drug-likeness (QED) is 0.301. The van der Waals surface area contributed by atoms with Crippen molar-refractivity contribution in [2.45, 2.75) is 54.9 Å². The Kier molecular flexibility index (Phi) is 12.2. The van der Waals surface area contributed by atoms with Gasteiger partial charge in [0.2, 0.25) is 5.88 Å². The number of hydrogen-bond acceptors (Lipinski definition) is 6. The summed E-state index contributed by atoms with van der Waals surface area (Å²) < 4.78 is 5.06. The molecule has 0 aliphatic carbocycles. The minimum absolute atomic E-state index is 0.498. The van der Waals surface area contributed by atoms with Crippen molar-refractivity contribution in [1.29, 1.82) is 0 Å². The highest BCUT2D eigenvalue weighted by Gasteiger charge is 2.10. The molecule has 32 heavy (non-hydrogen) atoms. The van der Waals surface area contributed by atoms with Gasteiger partial charge in [-0.05, 0) is 43.5 Å². The number of ether oxygens (including phenoxy) is 1. The third-order valence-corrected chi connectivity index (χ3v) is 5.39. The number of aromatic nitrogens is 3. The number of rotatable bonds is 7. The number of methoxy groups -OCH3 is 1. The molecule has 2 heterocycles. The summed E-state index contributed by atoms with van der Waals surface area (Å²) in [6.45, 7) is 15.3. The van der Waals surface area contributed by atoms with Crippen LogP contribution < -0.4 is 4.74 Å². The van der Waals surface area contributed by atoms with Gasteiger partial charge in [-0.1, -0.05) is 33.8 Å². The van der Waals surface area contributed by atoms with E-state index in [0.29, 0.717) is 5.88 Å². The van der Waals surface area contributed by atoms with E-state index >= 15 is 0 Å². The van der Waals surface area contributed by atoms with Gasteiger partial charge in [0, 0.05) is 25.4 Å². The average Bonchev–Trinajstić information content (AvgIpc) is 3.31. The summed E-state index contributed by atoms with van der Waals surface area (Å²) in [6.07, 6.45) is 5.97. The van der Waals surface area contributed by atoms with Crippen LogP contribution >= 0.6 is 11.3 Å². The number of aliphatic imine (C=N–C) groups is 1. The lowest BCUT2D eigenvalue weighted by atomic mass is 10.0. The molecule has 0 fully saturated rings. The Hall–Kier alpha value is -2.80. The van der Waals surface area contributed by atoms with Crippen molar-refractivity contribution in [3.8, 4) is 17.3 Å². The van der Waals surface area contributed by atoms with Gasteiger partial charge in [0.15, 0.2) is 0 Å². The van der Waals surface area contributed by atoms with Gasteiger partial charge in [-0.3, -0.25) is 0 Å². The maximum absolute atomic E-state index is 5.06. The molecule has 0 radical (unpaired) electrons. The van der Waals surface area contributed by atoms with Crippen molar-refractivity contribution < 1.29 is 4.74 Å². The monoisotopic (exact) mass is 455 g/mol. The first-order chi connectivity index (χ1) is 15.5. The van der Waals surface area contributed by atoms with Crippen LogP contribution in [0.5, 0.6) is 5.88 Å². The molecule has 6 nitrogen and oxygen atoms in total. The molecule has 0 saturated heterocycles. The third-order valence-electron chi connectivity index (χ3n) is 4.54. The van der Waals surface area contributed by atoms with E-state index in [0.717, 1.165) is 35.0 Å². The smallest absolute Gasteiger partial charge is 0.232 e. The summed E-state index contributed by atoms with van der Waals surface area (Å²) >= 11 is 1.64. The summed E-state index contributed by atoms with van der Waals surface area (Å²) in [5.41, 5.74) is 6.25. The Morgan fingerprint density at radius 2 is 1.75 bits per heavy atom. The van der Waals surface area contributed by atoms with E-state index in [9.17, 15) is 0 Å². The van der Waals surface area contributed by atoms with Crippen LogP contribution in [-0.4, -0.2) is 46.9 Å². The maximum atomic E-state index is 5.06. The Balaban J connectivity index is 0.00000121. The van der Waals surface area contributed by atoms with Crippen molar-refractivity contribution in [1.82, 2.24) is 19.9 Å². The van der Waals surface area contributed by atoms with Crippen LogP contribution in [0.1, 0.15) is 56.3 Å². The Labute approximate surface area is 197 Å². The molecule has 1 aromatic carbocycles. The van der Waals surface area contributed by atoms with Gasteiger partial charge >= 0.3 is 0 Å². The van der Waals surface area contributed by atoms with Crippen molar-refractivity contribution in [3.63, 3.8) is 0 Å². The minimum Gasteiger partial charge on any atom is -0.480 e. The van der Waals surface area contributed by atoms with E-state index < -0.39 is 0 Å². The lowest BCUT2D eigenvalue weighted by molar-refractivity contribution is 0.396. The fourth-order valence-electron chi connectivity index (χ4n) is 2.66. The van der Waals surface area contributed by atoms with Gasteiger partial charge in [0.05, 0.1) is 36.5 Å². The Morgan fingerprint density at radius 3 is 2.34 bits per heavy atom. The summed E-state index contributed by atoms with van der Waals surface area (Å²) in [5, 5.41) is 3.07. The van der Waals surface area contributed by atoms with E-state index in [-0.39, 0.29) is 0 Å². The second-order valence-corrected chi connectivity index (χ2v) is 7.57. The highest BCUT2D eigenvalue weighted by Crippen LogP contribution is 2.27. The van der Waals surface area contributed by atoms with Crippen LogP contribution in [0.2, 0.25) is 0 Å². The lowest BCUT2D eigenvalue weighted by Crippen LogP contribution is -2.14. The molecule has 0 N–H and O–H groups in total. The fourth-order valence-corrected chi connectivity index (χ4v) is 3.47. The highest BCUT2D eigenvalue weighted by molar-refractivity contribution is 7.10. The fraction of sp³-hybridized carbons (Fsp3) is 0.440. The highest BCUT2D eigenvalue weighted by atomic mass is 32.1. The molecule has 0 bridgehead atoms. The number of benzene rings is 1. The van der Waals surface area contributed by atoms with Crippen LogP contribution in [0.25, 0.3) is 11.4 Å². The Morgan fingerprint density at radius 1 is 1.03 bits per heavy atom. The van der Waals surface area contributed by atoms with E-state index in [2.05, 4.69) is 52.8 Å². The van der Waals surface area contributed by atoms with Crippen molar-refractivity contribution in [2.24, 2.45) is 4.99 Å². The zero-order valence-corrected chi connectivity index (χ0v) is 21.7. The van der Waals surface area contributed by atoms with Gasteiger partial charge in [0.1, 0.15) is 11.4 Å². The standard InChI is InChI=1S/C21H25N5OS.2C2H6/c1-6-26(4)13-24-17-8-14(2)16(7-15(17)3)9-21-25-19(12-28-21)18-10-23-20(27-5)11-22-18;2*1-2/h7-8,10-13H,6,9H2,1-5H3;2*1-2H3. The molecule has 0 unspecified atom stereocenters. The van der Waals surface area contributed by atoms with Gasteiger partial charge in [-0.15, -0.1) is 11.3 Å². The lowest BCUT2D eigenvalue weighted by Gasteiger charge is -2.11. The third kappa shape index (κ3) is 7.71. The second kappa shape index (κ2) is 14.3. The van der Waals surface area contributed by atoms with E-state index in [1.54, 1.807) is 30.8 Å². The van der Waals surface area contributed by atoms with Crippen LogP contribution in [0.15, 0.2) is 34.9 Å². The molecule has 0 amide bonds. The van der Waals surface area contributed by atoms with Gasteiger partial charge in [-0.25, -0.2) is 19.9 Å². The van der Waals surface area contributed by atoms with E-state index in [1.807, 2.05) is 46.5 Å². The number of aryl methyl sites for hydroxylation is 2. The molecule has 2 aromatic heterocycles. The average molecular weight is 456 g/mol. The van der Waals surface area contributed by atoms with Crippen LogP contribution in [-0.2, 0) is 6.42 Å². The first-order valence-corrected chi connectivity index (χ1v) is 12.0. The molecule has 3 rings (SSSR count). The van der Waals surface area contributed by atoms with Crippen LogP contribution in [0, 0.1) is 13.8 Å². The molecule has 0 aliphatic rings. The van der Waals surface area contributed by atoms with Gasteiger partial charge in [-0.2, -0.15) is 0 Å². The summed E-state index contributed by atoms with van der Waals surface area (Å²) in [4.78, 5) is 20.0. The molecular weight excluding hydrogens is 418 g/mol. The van der Waals surface area contributed by atoms with Crippen LogP contribution in [0.4, 0.5) is 5.69 Å². The summed E-state index contributed by atoms with van der Waals surface area (Å²) in [6, 6.07) is 4.36. The SMILES string of the molecule is CC.CC.CCN(C)C=Nc1cc(C)c(Cc2nc(-c3cnc(OC)cn3)cs2)cc1C. The summed E-state index contributed by atoms with van der Waals surface area (Å²) in [7, 11) is 3.60. The summed E-state index contributed by atoms with van der Waals surface area (Å²) in [5.74, 6) is 0.498. The molecule has 0 saturated carbocycles. The molecule has 3 aromatic rings. The number of thiazole rings is 1. The largest absolute Gasteiger partial charge is 0.480 e. The maximum Gasteiger partial charge on any atom is 0.232 e. The van der Waals surface area contributed by atoms with Gasteiger partial charge < -0.3 is 9.64 Å². The molecular formula is C25H37N5OS. The molecule has 7 heteroatoms. The van der Waals surface area contributed by atoms with Crippen molar-refractivity contribution >= 4 is 23.4 Å². The van der Waals surface area contributed by atoms with E-state index in [1.165, 1.54) is 16.7 Å². The first-order valence-electron chi connectivity index (χ1n) is 11.2. The minimum atomic E-state index is 0.498. The molecule has 0 spiro atoms. The predicted molar refractivity (Wildman–Crippen MR) is 138 cm³/mol. The zero-order chi connectivity index (χ0) is 24.1. The topological polar surface area (TPSA) is 63.5 Å². The Bertz CT molecular complexity index is 967. The zero-order valence-electron chi connectivity index (χ0n) is 20.9. The van der Waals surface area contributed by atoms with Crippen molar-refractivity contribution in [3.05, 3.63) is 51.6 Å². The molecule has 0 aliphatic heterocycles. The molecule has 0 atom stereocenters. The first kappa shape index (κ1) is 27.2. The number of nitrogens with zero attached hydrogens (tertiary/aromatic N) is 5. The van der Waals surface area contributed by atoms with Crippen molar-refractivity contribution in [2.75, 3.05) is 20.7 Å². The molecule has 174 valence electrons. The van der Waals surface area contributed by atoms with E-state index in [4.69, 9.17) is 9.72 Å². The second-order valence-electron chi connectivity index (χ2n) is 6.63. The van der Waals surface area contributed by atoms with Crippen LogP contribution in [0.3, 0.4) is 0 Å². The van der Waals surface area contributed by atoms with Gasteiger partial charge in [0.25, 0.3) is 0 Å². The predicted octanol–water partition coefficient (Wildman–Crippen LogP) is 6.48.